The number of likely N-dealkylation sites (tertiary alicyclic amines) is 1. The SMILES string of the molecule is CCN(CC)CCN1C(=O)C(=O)/C(=C(\O)c2ccc(C)cc2)C1c1cccc(OC)c1. The van der Waals surface area contributed by atoms with E-state index in [0.29, 0.717) is 24.4 Å². The van der Waals surface area contributed by atoms with E-state index in [9.17, 15) is 14.7 Å². The van der Waals surface area contributed by atoms with Crippen LogP contribution in [0.4, 0.5) is 0 Å². The topological polar surface area (TPSA) is 70.1 Å². The lowest BCUT2D eigenvalue weighted by Gasteiger charge is -2.28. The van der Waals surface area contributed by atoms with Gasteiger partial charge in [-0.15, -0.1) is 0 Å². The van der Waals surface area contributed by atoms with Gasteiger partial charge >= 0.3 is 0 Å². The maximum Gasteiger partial charge on any atom is 0.295 e. The number of hydrogen-bond donors (Lipinski definition) is 1. The van der Waals surface area contributed by atoms with Crippen LogP contribution in [0.5, 0.6) is 5.75 Å². The van der Waals surface area contributed by atoms with Crippen molar-refractivity contribution in [1.82, 2.24) is 9.80 Å². The van der Waals surface area contributed by atoms with Gasteiger partial charge in [0.1, 0.15) is 11.5 Å². The van der Waals surface area contributed by atoms with Crippen molar-refractivity contribution in [1.29, 1.82) is 0 Å². The number of aliphatic hydroxyl groups is 1. The molecule has 1 fully saturated rings. The van der Waals surface area contributed by atoms with Gasteiger partial charge in [0.2, 0.25) is 0 Å². The minimum absolute atomic E-state index is 0.113. The van der Waals surface area contributed by atoms with Crippen LogP contribution in [-0.4, -0.2) is 59.9 Å². The molecule has 1 aliphatic heterocycles. The Balaban J connectivity index is 2.11. The standard InChI is InChI=1S/C25H30N2O4/c1-5-26(6-2)14-15-27-22(19-8-7-9-20(16-19)31-4)21(24(29)25(27)30)23(28)18-12-10-17(3)11-13-18/h7-13,16,22,28H,5-6,14-15H2,1-4H3/b23-21-. The predicted molar refractivity (Wildman–Crippen MR) is 121 cm³/mol. The Bertz CT molecular complexity index is 977. The van der Waals surface area contributed by atoms with E-state index in [1.54, 1.807) is 24.1 Å². The summed E-state index contributed by atoms with van der Waals surface area (Å²) in [5, 5.41) is 11.1. The van der Waals surface area contributed by atoms with E-state index in [2.05, 4.69) is 18.7 Å². The summed E-state index contributed by atoms with van der Waals surface area (Å²) in [6.07, 6.45) is 0. The average Bonchev–Trinajstić information content (AvgIpc) is 3.04. The zero-order valence-electron chi connectivity index (χ0n) is 18.6. The number of ketones is 1. The molecule has 0 spiro atoms. The fourth-order valence-electron chi connectivity index (χ4n) is 3.92. The number of methoxy groups -OCH3 is 1. The summed E-state index contributed by atoms with van der Waals surface area (Å²) in [6.45, 7) is 8.82. The van der Waals surface area contributed by atoms with E-state index in [0.717, 1.165) is 24.2 Å². The lowest BCUT2D eigenvalue weighted by Crippen LogP contribution is -2.38. The summed E-state index contributed by atoms with van der Waals surface area (Å²) in [7, 11) is 1.57. The number of amides is 1. The molecule has 1 N–H and O–H groups in total. The lowest BCUT2D eigenvalue weighted by molar-refractivity contribution is -0.140. The van der Waals surface area contributed by atoms with Crippen molar-refractivity contribution in [3.63, 3.8) is 0 Å². The second kappa shape index (κ2) is 9.79. The second-order valence-corrected chi connectivity index (χ2v) is 7.66. The molecule has 6 heteroatoms. The third kappa shape index (κ3) is 4.64. The van der Waals surface area contributed by atoms with Crippen molar-refractivity contribution in [2.75, 3.05) is 33.3 Å². The molecule has 164 valence electrons. The molecule has 2 aromatic carbocycles. The smallest absolute Gasteiger partial charge is 0.295 e. The molecule has 0 aromatic heterocycles. The van der Waals surface area contributed by atoms with E-state index in [-0.39, 0.29) is 11.3 Å². The highest BCUT2D eigenvalue weighted by molar-refractivity contribution is 6.46. The molecule has 6 nitrogen and oxygen atoms in total. The maximum atomic E-state index is 13.1. The molecule has 1 saturated heterocycles. The van der Waals surface area contributed by atoms with Gasteiger partial charge in [0.25, 0.3) is 11.7 Å². The van der Waals surface area contributed by atoms with Crippen molar-refractivity contribution in [3.8, 4) is 5.75 Å². The van der Waals surface area contributed by atoms with Crippen LogP contribution in [-0.2, 0) is 9.59 Å². The second-order valence-electron chi connectivity index (χ2n) is 7.66. The van der Waals surface area contributed by atoms with Crippen LogP contribution in [0.25, 0.3) is 5.76 Å². The van der Waals surface area contributed by atoms with Crippen LogP contribution in [0, 0.1) is 6.92 Å². The van der Waals surface area contributed by atoms with Crippen molar-refractivity contribution in [2.45, 2.75) is 26.8 Å². The molecule has 0 saturated carbocycles. The Morgan fingerprint density at radius 2 is 1.77 bits per heavy atom. The number of carbonyl (C=O) groups excluding carboxylic acids is 2. The third-order valence-corrected chi connectivity index (χ3v) is 5.83. The highest BCUT2D eigenvalue weighted by Gasteiger charge is 2.46. The fraction of sp³-hybridized carbons (Fsp3) is 0.360. The lowest BCUT2D eigenvalue weighted by atomic mass is 9.95. The monoisotopic (exact) mass is 422 g/mol. The van der Waals surface area contributed by atoms with Crippen molar-refractivity contribution in [3.05, 3.63) is 70.8 Å². The van der Waals surface area contributed by atoms with Gasteiger partial charge in [0.15, 0.2) is 0 Å². The van der Waals surface area contributed by atoms with Gasteiger partial charge in [-0.25, -0.2) is 0 Å². The summed E-state index contributed by atoms with van der Waals surface area (Å²) in [5.41, 5.74) is 2.40. The molecule has 0 bridgehead atoms. The summed E-state index contributed by atoms with van der Waals surface area (Å²) in [5.74, 6) is -0.780. The number of likely N-dealkylation sites (N-methyl/N-ethyl adjacent to an activating group) is 1. The van der Waals surface area contributed by atoms with E-state index >= 15 is 0 Å². The van der Waals surface area contributed by atoms with Gasteiger partial charge in [-0.3, -0.25) is 9.59 Å². The zero-order chi connectivity index (χ0) is 22.5. The van der Waals surface area contributed by atoms with E-state index < -0.39 is 17.7 Å². The van der Waals surface area contributed by atoms with Gasteiger partial charge in [-0.2, -0.15) is 0 Å². The van der Waals surface area contributed by atoms with E-state index in [1.165, 1.54) is 0 Å². The van der Waals surface area contributed by atoms with E-state index in [1.807, 2.05) is 43.3 Å². The van der Waals surface area contributed by atoms with Crippen molar-refractivity contribution in [2.24, 2.45) is 0 Å². The Morgan fingerprint density at radius 3 is 2.39 bits per heavy atom. The minimum Gasteiger partial charge on any atom is -0.507 e. The first kappa shape index (κ1) is 22.6. The van der Waals surface area contributed by atoms with Crippen molar-refractivity contribution < 1.29 is 19.4 Å². The summed E-state index contributed by atoms with van der Waals surface area (Å²) in [4.78, 5) is 29.8. The Hall–Kier alpha value is -3.12. The molecule has 3 rings (SSSR count). The molecule has 1 unspecified atom stereocenters. The van der Waals surface area contributed by atoms with Gasteiger partial charge in [0, 0.05) is 18.7 Å². The number of ether oxygens (including phenoxy) is 1. The predicted octanol–water partition coefficient (Wildman–Crippen LogP) is 3.77. The highest BCUT2D eigenvalue weighted by Crippen LogP contribution is 2.40. The van der Waals surface area contributed by atoms with Crippen molar-refractivity contribution >= 4 is 17.4 Å². The summed E-state index contributed by atoms with van der Waals surface area (Å²) in [6, 6.07) is 13.9. The average molecular weight is 423 g/mol. The minimum atomic E-state index is -0.674. The number of Topliss-reactive ketones (excluding diaryl/α,β-unsaturated/α-hetero) is 1. The molecule has 1 aliphatic rings. The molecular weight excluding hydrogens is 392 g/mol. The van der Waals surface area contributed by atoms with Crippen LogP contribution in [0.1, 0.15) is 36.6 Å². The number of aliphatic hydroxyl groups excluding tert-OH is 1. The first-order valence-corrected chi connectivity index (χ1v) is 10.6. The number of rotatable bonds is 8. The number of hydrogen-bond acceptors (Lipinski definition) is 5. The molecule has 0 radical (unpaired) electrons. The summed E-state index contributed by atoms with van der Waals surface area (Å²) < 4.78 is 5.35. The molecule has 1 heterocycles. The van der Waals surface area contributed by atoms with Crippen LogP contribution < -0.4 is 4.74 Å². The Morgan fingerprint density at radius 1 is 1.10 bits per heavy atom. The quantitative estimate of drug-likeness (QED) is 0.398. The zero-order valence-corrected chi connectivity index (χ0v) is 18.6. The van der Waals surface area contributed by atoms with Gasteiger partial charge in [-0.1, -0.05) is 55.8 Å². The number of aryl methyl sites for hydroxylation is 1. The fourth-order valence-corrected chi connectivity index (χ4v) is 3.92. The first-order chi connectivity index (χ1) is 14.9. The van der Waals surface area contributed by atoms with E-state index in [4.69, 9.17) is 4.74 Å². The Labute approximate surface area is 183 Å². The molecule has 31 heavy (non-hydrogen) atoms. The van der Waals surface area contributed by atoms with Gasteiger partial charge < -0.3 is 19.6 Å². The normalized spacial score (nSPS) is 18.1. The highest BCUT2D eigenvalue weighted by atomic mass is 16.5. The largest absolute Gasteiger partial charge is 0.507 e. The molecule has 1 atom stereocenters. The van der Waals surface area contributed by atoms with Gasteiger partial charge in [-0.05, 0) is 37.7 Å². The molecule has 1 amide bonds. The number of carbonyl (C=O) groups is 2. The van der Waals surface area contributed by atoms with Gasteiger partial charge in [0.05, 0.1) is 18.7 Å². The maximum absolute atomic E-state index is 13.1. The molecule has 2 aromatic rings. The van der Waals surface area contributed by atoms with Crippen LogP contribution >= 0.6 is 0 Å². The number of benzene rings is 2. The van der Waals surface area contributed by atoms with Crippen LogP contribution in [0.15, 0.2) is 54.1 Å². The third-order valence-electron chi connectivity index (χ3n) is 5.83. The van der Waals surface area contributed by atoms with Crippen LogP contribution in [0.3, 0.4) is 0 Å². The molecular formula is C25H30N2O4. The van der Waals surface area contributed by atoms with Crippen LogP contribution in [0.2, 0.25) is 0 Å². The summed E-state index contributed by atoms with van der Waals surface area (Å²) >= 11 is 0. The number of nitrogens with zero attached hydrogens (tertiary/aromatic N) is 2. The molecule has 0 aliphatic carbocycles. The Kier molecular flexibility index (Phi) is 7.13. The first-order valence-electron chi connectivity index (χ1n) is 10.6.